The van der Waals surface area contributed by atoms with Crippen molar-refractivity contribution in [2.24, 2.45) is 5.92 Å². The first-order valence-electron chi connectivity index (χ1n) is 8.99. The number of likely N-dealkylation sites (N-methyl/N-ethyl adjacent to an activating group) is 1. The Morgan fingerprint density at radius 3 is 2.89 bits per heavy atom. The Kier molecular flexibility index (Phi) is 5.39. The van der Waals surface area contributed by atoms with Gasteiger partial charge in [0.15, 0.2) is 5.13 Å². The lowest BCUT2D eigenvalue weighted by Gasteiger charge is -2.27. The van der Waals surface area contributed by atoms with Crippen molar-refractivity contribution in [1.29, 1.82) is 0 Å². The molecule has 0 aliphatic carbocycles. The number of anilines is 1. The molecule has 1 aliphatic heterocycles. The fraction of sp³-hybridized carbons (Fsp3) is 0.526. The van der Waals surface area contributed by atoms with Crippen LogP contribution in [0.15, 0.2) is 18.2 Å². The van der Waals surface area contributed by atoms with Crippen LogP contribution >= 0.6 is 11.3 Å². The van der Waals surface area contributed by atoms with Crippen LogP contribution in [0.4, 0.5) is 5.13 Å². The number of hydrogen-bond acceptors (Lipinski definition) is 6. The summed E-state index contributed by atoms with van der Waals surface area (Å²) in [5.41, 5.74) is -0.168. The molecule has 0 bridgehead atoms. The summed E-state index contributed by atoms with van der Waals surface area (Å²) in [6.45, 7) is 6.35. The number of aromatic nitrogens is 1. The number of aliphatic hydroxyl groups is 1. The van der Waals surface area contributed by atoms with E-state index < -0.39 is 11.5 Å². The zero-order valence-electron chi connectivity index (χ0n) is 16.1. The predicted octanol–water partition coefficient (Wildman–Crippen LogP) is 2.28. The number of rotatable bonds is 6. The Hall–Kier alpha value is -2.19. The smallest absolute Gasteiger partial charge is 0.229 e. The van der Waals surface area contributed by atoms with Gasteiger partial charge in [0, 0.05) is 26.6 Å². The Morgan fingerprint density at radius 1 is 1.48 bits per heavy atom. The molecule has 0 radical (unpaired) electrons. The van der Waals surface area contributed by atoms with E-state index >= 15 is 0 Å². The van der Waals surface area contributed by atoms with Gasteiger partial charge < -0.3 is 14.7 Å². The van der Waals surface area contributed by atoms with Gasteiger partial charge in [-0.25, -0.2) is 4.98 Å². The summed E-state index contributed by atoms with van der Waals surface area (Å²) in [5, 5.41) is 10.5. The largest absolute Gasteiger partial charge is 0.494 e. The molecule has 8 heteroatoms. The molecule has 2 amide bonds. The third-order valence-electron chi connectivity index (χ3n) is 4.37. The lowest BCUT2D eigenvalue weighted by atomic mass is 10.1. The number of benzene rings is 1. The van der Waals surface area contributed by atoms with Gasteiger partial charge >= 0.3 is 0 Å². The molecule has 0 spiro atoms. The molecule has 0 saturated carbocycles. The van der Waals surface area contributed by atoms with Crippen molar-refractivity contribution in [3.8, 4) is 5.75 Å². The van der Waals surface area contributed by atoms with Crippen molar-refractivity contribution < 1.29 is 19.4 Å². The fourth-order valence-corrected chi connectivity index (χ4v) is 4.31. The second kappa shape index (κ2) is 7.44. The van der Waals surface area contributed by atoms with Crippen LogP contribution in [0.1, 0.15) is 27.2 Å². The summed E-state index contributed by atoms with van der Waals surface area (Å²) in [6.07, 6.45) is 0.162. The van der Waals surface area contributed by atoms with E-state index in [0.717, 1.165) is 16.0 Å². The number of thiazole rings is 1. The van der Waals surface area contributed by atoms with E-state index in [4.69, 9.17) is 4.74 Å². The number of ether oxygens (including phenoxy) is 1. The molecule has 1 N–H and O–H groups in total. The molecule has 1 aliphatic rings. The zero-order valence-corrected chi connectivity index (χ0v) is 16.9. The van der Waals surface area contributed by atoms with Crippen molar-refractivity contribution in [2.75, 3.05) is 31.6 Å². The van der Waals surface area contributed by atoms with Gasteiger partial charge in [-0.05, 0) is 39.0 Å². The lowest BCUT2D eigenvalue weighted by Crippen LogP contribution is -2.43. The van der Waals surface area contributed by atoms with Gasteiger partial charge in [-0.15, -0.1) is 0 Å². The van der Waals surface area contributed by atoms with Crippen molar-refractivity contribution in [2.45, 2.75) is 32.8 Å². The zero-order chi connectivity index (χ0) is 19.8. The molecule has 1 atom stereocenters. The van der Waals surface area contributed by atoms with E-state index in [0.29, 0.717) is 18.3 Å². The molecule has 1 fully saturated rings. The van der Waals surface area contributed by atoms with E-state index in [2.05, 4.69) is 4.98 Å². The van der Waals surface area contributed by atoms with Crippen LogP contribution in [-0.2, 0) is 9.59 Å². The minimum Gasteiger partial charge on any atom is -0.494 e. The highest BCUT2D eigenvalue weighted by atomic mass is 32.1. The van der Waals surface area contributed by atoms with E-state index in [1.165, 1.54) is 16.2 Å². The summed E-state index contributed by atoms with van der Waals surface area (Å²) in [5.74, 6) is 0.118. The summed E-state index contributed by atoms with van der Waals surface area (Å²) in [6, 6.07) is 5.65. The lowest BCUT2D eigenvalue weighted by molar-refractivity contribution is -0.137. The fourth-order valence-electron chi connectivity index (χ4n) is 3.29. The SMILES string of the molecule is CCOc1ccc2nc(N3CC(C(=O)N(C)CC(C)(C)O)CC3=O)sc2c1. The van der Waals surface area contributed by atoms with Crippen molar-refractivity contribution >= 4 is 38.5 Å². The Bertz CT molecular complexity index is 858. The molecule has 1 unspecified atom stereocenters. The molecule has 2 heterocycles. The topological polar surface area (TPSA) is 83.0 Å². The van der Waals surface area contributed by atoms with Crippen LogP contribution in [0.5, 0.6) is 5.75 Å². The third-order valence-corrected chi connectivity index (χ3v) is 5.41. The monoisotopic (exact) mass is 391 g/mol. The first kappa shape index (κ1) is 19.6. The molecule has 1 aromatic heterocycles. The molecule has 7 nitrogen and oxygen atoms in total. The quantitative estimate of drug-likeness (QED) is 0.817. The van der Waals surface area contributed by atoms with Crippen molar-refractivity contribution in [1.82, 2.24) is 9.88 Å². The summed E-state index contributed by atoms with van der Waals surface area (Å²) >= 11 is 1.42. The number of fused-ring (bicyclic) bond motifs is 1. The predicted molar refractivity (Wildman–Crippen MR) is 105 cm³/mol. The number of carbonyl (C=O) groups excluding carboxylic acids is 2. The van der Waals surface area contributed by atoms with Gasteiger partial charge in [0.1, 0.15) is 5.75 Å². The second-order valence-corrected chi connectivity index (χ2v) is 8.48. The molecular formula is C19H25N3O4S. The van der Waals surface area contributed by atoms with Crippen LogP contribution in [-0.4, -0.2) is 59.1 Å². The highest BCUT2D eigenvalue weighted by Gasteiger charge is 2.38. The standard InChI is InChI=1S/C19H25N3O4S/c1-5-26-13-6-7-14-15(9-13)27-18(20-14)22-10-12(8-16(22)23)17(24)21(4)11-19(2,3)25/h6-7,9,12,25H,5,8,10-11H2,1-4H3. The highest BCUT2D eigenvalue weighted by molar-refractivity contribution is 7.22. The minimum absolute atomic E-state index is 0.103. The molecule has 146 valence electrons. The summed E-state index contributed by atoms with van der Waals surface area (Å²) in [7, 11) is 1.65. The van der Waals surface area contributed by atoms with E-state index in [9.17, 15) is 14.7 Å². The average molecular weight is 391 g/mol. The molecule has 27 heavy (non-hydrogen) atoms. The van der Waals surface area contributed by atoms with Crippen LogP contribution in [0.25, 0.3) is 10.2 Å². The van der Waals surface area contributed by atoms with Crippen LogP contribution < -0.4 is 9.64 Å². The average Bonchev–Trinajstić information content (AvgIpc) is 3.15. The van der Waals surface area contributed by atoms with Gasteiger partial charge in [-0.1, -0.05) is 11.3 Å². The highest BCUT2D eigenvalue weighted by Crippen LogP contribution is 2.34. The first-order valence-corrected chi connectivity index (χ1v) is 9.80. The maximum absolute atomic E-state index is 12.6. The van der Waals surface area contributed by atoms with Crippen molar-refractivity contribution in [3.63, 3.8) is 0 Å². The van der Waals surface area contributed by atoms with E-state index in [-0.39, 0.29) is 24.8 Å². The Balaban J connectivity index is 1.75. The molecule has 1 aromatic carbocycles. The van der Waals surface area contributed by atoms with Gasteiger partial charge in [0.2, 0.25) is 11.8 Å². The van der Waals surface area contributed by atoms with Crippen molar-refractivity contribution in [3.05, 3.63) is 18.2 Å². The number of amides is 2. The maximum atomic E-state index is 12.6. The summed E-state index contributed by atoms with van der Waals surface area (Å²) < 4.78 is 6.45. The molecule has 2 aromatic rings. The molecule has 1 saturated heterocycles. The second-order valence-electron chi connectivity index (χ2n) is 7.47. The van der Waals surface area contributed by atoms with E-state index in [1.807, 2.05) is 25.1 Å². The van der Waals surface area contributed by atoms with Gasteiger partial charge in [-0.2, -0.15) is 0 Å². The van der Waals surface area contributed by atoms with Gasteiger partial charge in [0.05, 0.1) is 28.3 Å². The minimum atomic E-state index is -0.974. The Morgan fingerprint density at radius 2 is 2.22 bits per heavy atom. The maximum Gasteiger partial charge on any atom is 0.229 e. The van der Waals surface area contributed by atoms with Gasteiger partial charge in [-0.3, -0.25) is 14.5 Å². The molecule has 3 rings (SSSR count). The third kappa shape index (κ3) is 4.39. The van der Waals surface area contributed by atoms with Crippen LogP contribution in [0.3, 0.4) is 0 Å². The van der Waals surface area contributed by atoms with Crippen LogP contribution in [0.2, 0.25) is 0 Å². The number of hydrogen-bond donors (Lipinski definition) is 1. The first-order chi connectivity index (χ1) is 12.7. The number of nitrogens with zero attached hydrogens (tertiary/aromatic N) is 3. The number of carbonyl (C=O) groups is 2. The van der Waals surface area contributed by atoms with Gasteiger partial charge in [0.25, 0.3) is 0 Å². The van der Waals surface area contributed by atoms with Crippen LogP contribution in [0, 0.1) is 5.92 Å². The summed E-state index contributed by atoms with van der Waals surface area (Å²) in [4.78, 5) is 32.8. The van der Waals surface area contributed by atoms with E-state index in [1.54, 1.807) is 25.8 Å². The molecular weight excluding hydrogens is 366 g/mol. The normalized spacial score (nSPS) is 17.6. The Labute approximate surface area is 162 Å².